The van der Waals surface area contributed by atoms with Crippen LogP contribution in [0.5, 0.6) is 0 Å². The minimum absolute atomic E-state index is 0.357. The Labute approximate surface area is 86.4 Å². The highest BCUT2D eigenvalue weighted by Crippen LogP contribution is 2.20. The van der Waals surface area contributed by atoms with Crippen molar-refractivity contribution in [3.63, 3.8) is 0 Å². The SMILES string of the molecule is C/C=C(\C(=O)OCC)c1csc(N)n1. The maximum Gasteiger partial charge on any atom is 0.340 e. The molecule has 0 radical (unpaired) electrons. The predicted molar refractivity (Wildman–Crippen MR) is 56.8 cm³/mol. The minimum atomic E-state index is -0.361. The zero-order chi connectivity index (χ0) is 10.6. The van der Waals surface area contributed by atoms with Crippen molar-refractivity contribution < 1.29 is 9.53 Å². The van der Waals surface area contributed by atoms with Gasteiger partial charge in [-0.1, -0.05) is 6.08 Å². The summed E-state index contributed by atoms with van der Waals surface area (Å²) in [4.78, 5) is 15.4. The van der Waals surface area contributed by atoms with E-state index in [9.17, 15) is 4.79 Å². The second-order valence-corrected chi connectivity index (χ2v) is 3.38. The second kappa shape index (κ2) is 4.76. The van der Waals surface area contributed by atoms with E-state index in [2.05, 4.69) is 4.98 Å². The molecule has 2 N–H and O–H groups in total. The summed E-state index contributed by atoms with van der Waals surface area (Å²) < 4.78 is 4.88. The molecule has 5 heteroatoms. The van der Waals surface area contributed by atoms with Crippen molar-refractivity contribution in [2.45, 2.75) is 13.8 Å². The standard InChI is InChI=1S/C9H12N2O2S/c1-3-6(8(12)13-4-2)7-5-14-9(10)11-7/h3,5H,4H2,1-2H3,(H2,10,11)/b6-3-. The zero-order valence-corrected chi connectivity index (χ0v) is 8.93. The van der Waals surface area contributed by atoms with Crippen molar-refractivity contribution in [1.82, 2.24) is 4.98 Å². The molecule has 14 heavy (non-hydrogen) atoms. The Morgan fingerprint density at radius 2 is 2.50 bits per heavy atom. The molecular formula is C9H12N2O2S. The molecule has 0 bridgehead atoms. The molecular weight excluding hydrogens is 200 g/mol. The smallest absolute Gasteiger partial charge is 0.340 e. The van der Waals surface area contributed by atoms with Gasteiger partial charge in [0.1, 0.15) is 0 Å². The van der Waals surface area contributed by atoms with Gasteiger partial charge in [0.15, 0.2) is 5.13 Å². The van der Waals surface area contributed by atoms with Crippen molar-refractivity contribution in [2.24, 2.45) is 0 Å². The topological polar surface area (TPSA) is 65.2 Å². The molecule has 76 valence electrons. The van der Waals surface area contributed by atoms with Gasteiger partial charge >= 0.3 is 5.97 Å². The van der Waals surface area contributed by atoms with Gasteiger partial charge in [-0.15, -0.1) is 11.3 Å². The van der Waals surface area contributed by atoms with Crippen molar-refractivity contribution >= 4 is 28.0 Å². The van der Waals surface area contributed by atoms with Crippen LogP contribution in [0.25, 0.3) is 5.57 Å². The maximum absolute atomic E-state index is 11.4. The number of nitrogens with two attached hydrogens (primary N) is 1. The van der Waals surface area contributed by atoms with Gasteiger partial charge in [0, 0.05) is 5.38 Å². The molecule has 0 unspecified atom stereocenters. The van der Waals surface area contributed by atoms with E-state index in [0.717, 1.165) is 0 Å². The first-order valence-electron chi connectivity index (χ1n) is 4.23. The third-order valence-corrected chi connectivity index (χ3v) is 2.26. The van der Waals surface area contributed by atoms with Gasteiger partial charge in [-0.2, -0.15) is 0 Å². The third-order valence-electron chi connectivity index (χ3n) is 1.58. The highest BCUT2D eigenvalue weighted by Gasteiger charge is 2.14. The number of carbonyl (C=O) groups is 1. The summed E-state index contributed by atoms with van der Waals surface area (Å²) in [6.07, 6.45) is 1.67. The van der Waals surface area contributed by atoms with Crippen LogP contribution in [0.15, 0.2) is 11.5 Å². The average molecular weight is 212 g/mol. The molecule has 1 rings (SSSR count). The number of nitrogens with zero attached hydrogens (tertiary/aromatic N) is 1. The summed E-state index contributed by atoms with van der Waals surface area (Å²) in [7, 11) is 0. The monoisotopic (exact) mass is 212 g/mol. The van der Waals surface area contributed by atoms with Crippen LogP contribution in [0.2, 0.25) is 0 Å². The van der Waals surface area contributed by atoms with Gasteiger partial charge in [-0.3, -0.25) is 0 Å². The molecule has 1 aromatic rings. The van der Waals surface area contributed by atoms with E-state index in [1.54, 1.807) is 25.3 Å². The second-order valence-electron chi connectivity index (χ2n) is 2.49. The zero-order valence-electron chi connectivity index (χ0n) is 8.11. The van der Waals surface area contributed by atoms with Gasteiger partial charge in [0.25, 0.3) is 0 Å². The van der Waals surface area contributed by atoms with Gasteiger partial charge < -0.3 is 10.5 Å². The molecule has 0 aliphatic heterocycles. The highest BCUT2D eigenvalue weighted by atomic mass is 32.1. The molecule has 0 spiro atoms. The summed E-state index contributed by atoms with van der Waals surface area (Å²) in [6, 6.07) is 0. The molecule has 1 aromatic heterocycles. The summed E-state index contributed by atoms with van der Waals surface area (Å²) in [5.41, 5.74) is 6.51. The van der Waals surface area contributed by atoms with Crippen molar-refractivity contribution in [2.75, 3.05) is 12.3 Å². The fraction of sp³-hybridized carbons (Fsp3) is 0.333. The normalized spacial score (nSPS) is 11.4. The first-order chi connectivity index (χ1) is 6.69. The highest BCUT2D eigenvalue weighted by molar-refractivity contribution is 7.13. The molecule has 0 fully saturated rings. The van der Waals surface area contributed by atoms with Crippen molar-refractivity contribution in [3.05, 3.63) is 17.2 Å². The number of esters is 1. The summed E-state index contributed by atoms with van der Waals surface area (Å²) in [5, 5.41) is 2.19. The Morgan fingerprint density at radius 3 is 2.93 bits per heavy atom. The molecule has 0 aliphatic carbocycles. The molecule has 4 nitrogen and oxygen atoms in total. The number of hydrogen-bond donors (Lipinski definition) is 1. The van der Waals surface area contributed by atoms with Gasteiger partial charge in [0.05, 0.1) is 17.9 Å². The van der Waals surface area contributed by atoms with Crippen molar-refractivity contribution in [3.8, 4) is 0 Å². The number of aromatic nitrogens is 1. The lowest BCUT2D eigenvalue weighted by atomic mass is 10.2. The number of hydrogen-bond acceptors (Lipinski definition) is 5. The number of thiazole rings is 1. The van der Waals surface area contributed by atoms with E-state index in [0.29, 0.717) is 23.0 Å². The molecule has 0 amide bonds. The Kier molecular flexibility index (Phi) is 3.64. The molecule has 0 atom stereocenters. The van der Waals surface area contributed by atoms with Crippen LogP contribution in [-0.4, -0.2) is 17.6 Å². The third kappa shape index (κ3) is 2.32. The lowest BCUT2D eigenvalue weighted by molar-refractivity contribution is -0.136. The largest absolute Gasteiger partial charge is 0.462 e. The van der Waals surface area contributed by atoms with E-state index in [1.807, 2.05) is 0 Å². The Morgan fingerprint density at radius 1 is 1.79 bits per heavy atom. The van der Waals surface area contributed by atoms with E-state index >= 15 is 0 Å². The van der Waals surface area contributed by atoms with Crippen molar-refractivity contribution in [1.29, 1.82) is 0 Å². The summed E-state index contributed by atoms with van der Waals surface area (Å²) in [5.74, 6) is -0.361. The van der Waals surface area contributed by atoms with Crippen LogP contribution in [0.3, 0.4) is 0 Å². The first-order valence-corrected chi connectivity index (χ1v) is 5.11. The van der Waals surface area contributed by atoms with Crippen LogP contribution in [0.1, 0.15) is 19.5 Å². The molecule has 0 saturated heterocycles. The molecule has 0 aliphatic rings. The first kappa shape index (κ1) is 10.7. The minimum Gasteiger partial charge on any atom is -0.462 e. The van der Waals surface area contributed by atoms with Crippen LogP contribution in [-0.2, 0) is 9.53 Å². The number of anilines is 1. The van der Waals surface area contributed by atoms with Crippen LogP contribution in [0.4, 0.5) is 5.13 Å². The summed E-state index contributed by atoms with van der Waals surface area (Å²) >= 11 is 1.30. The quantitative estimate of drug-likeness (QED) is 0.611. The van der Waals surface area contributed by atoms with Crippen LogP contribution < -0.4 is 5.73 Å². The number of allylic oxidation sites excluding steroid dienone is 1. The van der Waals surface area contributed by atoms with E-state index in [-0.39, 0.29) is 5.97 Å². The van der Waals surface area contributed by atoms with E-state index in [4.69, 9.17) is 10.5 Å². The fourth-order valence-corrected chi connectivity index (χ4v) is 1.55. The number of carbonyl (C=O) groups excluding carboxylic acids is 1. The predicted octanol–water partition coefficient (Wildman–Crippen LogP) is 1.69. The number of nitrogen functional groups attached to an aromatic ring is 1. The Bertz CT molecular complexity index is 357. The maximum atomic E-state index is 11.4. The van der Waals surface area contributed by atoms with E-state index < -0.39 is 0 Å². The summed E-state index contributed by atoms with van der Waals surface area (Å²) in [6.45, 7) is 3.89. The van der Waals surface area contributed by atoms with Gasteiger partial charge in [-0.05, 0) is 13.8 Å². The Hall–Kier alpha value is -1.36. The molecule has 1 heterocycles. The van der Waals surface area contributed by atoms with Crippen LogP contribution >= 0.6 is 11.3 Å². The Balaban J connectivity index is 2.88. The molecule has 0 aromatic carbocycles. The van der Waals surface area contributed by atoms with Crippen LogP contribution in [0, 0.1) is 0 Å². The fourth-order valence-electron chi connectivity index (χ4n) is 0.990. The van der Waals surface area contributed by atoms with Gasteiger partial charge in [0.2, 0.25) is 0 Å². The van der Waals surface area contributed by atoms with E-state index in [1.165, 1.54) is 11.3 Å². The average Bonchev–Trinajstić information content (AvgIpc) is 2.54. The molecule has 0 saturated carbocycles. The number of ether oxygens (including phenoxy) is 1. The number of rotatable bonds is 3. The lowest BCUT2D eigenvalue weighted by Gasteiger charge is -2.02. The van der Waals surface area contributed by atoms with Gasteiger partial charge in [-0.25, -0.2) is 9.78 Å². The lowest BCUT2D eigenvalue weighted by Crippen LogP contribution is -2.07.